The Bertz CT molecular complexity index is 1590. The highest BCUT2D eigenvalue weighted by Crippen LogP contribution is 2.31. The SMILES string of the molecule is N#Cc1c(-c2ccc(Br)cc2)c(C#N)c(=O)n(NC2=c3c(N)cc(=O)oc3=CCC2)c1O. The zero-order valence-corrected chi connectivity index (χ0v) is 17.9. The molecular formula is C22H14BrN5O4. The fourth-order valence-corrected chi connectivity index (χ4v) is 3.86. The summed E-state index contributed by atoms with van der Waals surface area (Å²) >= 11 is 3.31. The molecule has 0 fully saturated rings. The smallest absolute Gasteiger partial charge is 0.338 e. The second kappa shape index (κ2) is 8.10. The molecule has 2 heterocycles. The van der Waals surface area contributed by atoms with E-state index < -0.39 is 17.1 Å². The number of nitrogens with one attached hydrogen (secondary N) is 1. The molecule has 4 N–H and O–H groups in total. The van der Waals surface area contributed by atoms with E-state index in [4.69, 9.17) is 10.2 Å². The summed E-state index contributed by atoms with van der Waals surface area (Å²) in [4.78, 5) is 24.8. The molecule has 0 saturated carbocycles. The molecule has 32 heavy (non-hydrogen) atoms. The van der Waals surface area contributed by atoms with Gasteiger partial charge in [-0.25, -0.2) is 4.79 Å². The fourth-order valence-electron chi connectivity index (χ4n) is 3.60. The van der Waals surface area contributed by atoms with E-state index in [0.29, 0.717) is 29.3 Å². The van der Waals surface area contributed by atoms with E-state index in [9.17, 15) is 25.2 Å². The zero-order chi connectivity index (χ0) is 23.0. The first-order valence-electron chi connectivity index (χ1n) is 9.33. The molecule has 1 aliphatic rings. The van der Waals surface area contributed by atoms with Crippen LogP contribution < -0.4 is 33.0 Å². The molecule has 0 aliphatic heterocycles. The number of fused-ring (bicyclic) bond motifs is 1. The Kier molecular flexibility index (Phi) is 5.31. The number of rotatable bonds is 3. The first-order valence-corrected chi connectivity index (χ1v) is 10.1. The van der Waals surface area contributed by atoms with Crippen molar-refractivity contribution in [2.75, 3.05) is 11.2 Å². The third-order valence-electron chi connectivity index (χ3n) is 5.00. The molecule has 3 aromatic rings. The standard InChI is InChI=1S/C22H14BrN5O4/c23-12-6-4-11(5-7-12)19-13(9-24)21(30)28(22(31)14(19)10-25)27-16-2-1-3-17-20(16)15(26)8-18(29)32-17/h3-8,27,30H,1-2,26H2. The molecule has 0 spiro atoms. The molecule has 0 amide bonds. The van der Waals surface area contributed by atoms with Gasteiger partial charge < -0.3 is 15.3 Å². The predicted molar refractivity (Wildman–Crippen MR) is 120 cm³/mol. The summed E-state index contributed by atoms with van der Waals surface area (Å²) in [5, 5.41) is 30.6. The summed E-state index contributed by atoms with van der Waals surface area (Å²) in [6.45, 7) is 0. The van der Waals surface area contributed by atoms with Crippen LogP contribution >= 0.6 is 15.9 Å². The van der Waals surface area contributed by atoms with Crippen molar-refractivity contribution < 1.29 is 9.52 Å². The van der Waals surface area contributed by atoms with Gasteiger partial charge in [-0.1, -0.05) is 28.1 Å². The maximum atomic E-state index is 13.1. The first-order chi connectivity index (χ1) is 15.3. The van der Waals surface area contributed by atoms with Gasteiger partial charge in [-0.3, -0.25) is 10.2 Å². The van der Waals surface area contributed by atoms with Crippen LogP contribution in [0.25, 0.3) is 22.9 Å². The zero-order valence-electron chi connectivity index (χ0n) is 16.3. The summed E-state index contributed by atoms with van der Waals surface area (Å²) in [6, 6.07) is 11.5. The lowest BCUT2D eigenvalue weighted by Gasteiger charge is -2.19. The Morgan fingerprint density at radius 3 is 2.50 bits per heavy atom. The molecule has 0 unspecified atom stereocenters. The quantitative estimate of drug-likeness (QED) is 0.492. The van der Waals surface area contributed by atoms with E-state index in [2.05, 4.69) is 21.4 Å². The predicted octanol–water partition coefficient (Wildman–Crippen LogP) is 1.19. The third kappa shape index (κ3) is 3.43. The maximum absolute atomic E-state index is 13.1. The molecule has 0 saturated heterocycles. The number of hydrogen-bond donors (Lipinski definition) is 3. The molecule has 0 atom stereocenters. The molecule has 0 bridgehead atoms. The number of nitrogen functional groups attached to an aromatic ring is 1. The minimum Gasteiger partial charge on any atom is -0.492 e. The Morgan fingerprint density at radius 1 is 1.16 bits per heavy atom. The van der Waals surface area contributed by atoms with Crippen molar-refractivity contribution in [3.63, 3.8) is 0 Å². The Morgan fingerprint density at radius 2 is 1.84 bits per heavy atom. The van der Waals surface area contributed by atoms with E-state index >= 15 is 0 Å². The minimum absolute atomic E-state index is 0.0379. The van der Waals surface area contributed by atoms with Gasteiger partial charge in [0.15, 0.2) is 0 Å². The molecule has 1 aliphatic carbocycles. The molecule has 9 nitrogen and oxygen atoms in total. The lowest BCUT2D eigenvalue weighted by Crippen LogP contribution is -2.40. The summed E-state index contributed by atoms with van der Waals surface area (Å²) in [7, 11) is 0. The van der Waals surface area contributed by atoms with Crippen molar-refractivity contribution in [2.45, 2.75) is 12.8 Å². The van der Waals surface area contributed by atoms with Gasteiger partial charge in [0.2, 0.25) is 5.88 Å². The van der Waals surface area contributed by atoms with Crippen LogP contribution in [0.1, 0.15) is 24.0 Å². The van der Waals surface area contributed by atoms with Crippen LogP contribution in [0, 0.1) is 22.7 Å². The maximum Gasteiger partial charge on any atom is 0.338 e. The van der Waals surface area contributed by atoms with Crippen LogP contribution in [0.15, 0.2) is 48.8 Å². The third-order valence-corrected chi connectivity index (χ3v) is 5.53. The van der Waals surface area contributed by atoms with Gasteiger partial charge in [-0.15, -0.1) is 0 Å². The van der Waals surface area contributed by atoms with E-state index in [-0.39, 0.29) is 27.8 Å². The van der Waals surface area contributed by atoms with Crippen LogP contribution in [-0.2, 0) is 0 Å². The van der Waals surface area contributed by atoms with Gasteiger partial charge >= 0.3 is 5.63 Å². The number of halogens is 1. The minimum atomic E-state index is -0.846. The number of aromatic hydroxyl groups is 1. The second-order valence-electron chi connectivity index (χ2n) is 6.91. The Labute approximate surface area is 188 Å². The summed E-state index contributed by atoms with van der Waals surface area (Å²) < 4.78 is 6.67. The molecule has 4 rings (SSSR count). The van der Waals surface area contributed by atoms with Crippen molar-refractivity contribution in [3.8, 4) is 29.1 Å². The van der Waals surface area contributed by atoms with Gasteiger partial charge in [0, 0.05) is 21.8 Å². The molecule has 0 radical (unpaired) electrons. The molecule has 1 aromatic carbocycles. The van der Waals surface area contributed by atoms with Gasteiger partial charge in [0.25, 0.3) is 5.56 Å². The highest BCUT2D eigenvalue weighted by molar-refractivity contribution is 9.10. The second-order valence-corrected chi connectivity index (χ2v) is 7.83. The first kappa shape index (κ1) is 21.0. The number of nitrogens with zero attached hydrogens (tertiary/aromatic N) is 3. The number of benzene rings is 1. The number of pyridine rings is 1. The normalized spacial score (nSPS) is 12.3. The van der Waals surface area contributed by atoms with Crippen molar-refractivity contribution in [1.29, 1.82) is 10.5 Å². The van der Waals surface area contributed by atoms with Crippen molar-refractivity contribution >= 4 is 33.4 Å². The number of aromatic nitrogens is 1. The van der Waals surface area contributed by atoms with Crippen molar-refractivity contribution in [1.82, 2.24) is 4.68 Å². The molecular weight excluding hydrogens is 478 g/mol. The van der Waals surface area contributed by atoms with Crippen LogP contribution in [0.5, 0.6) is 5.88 Å². The number of nitrogens with two attached hydrogens (primary N) is 1. The summed E-state index contributed by atoms with van der Waals surface area (Å²) in [5.74, 6) is -0.658. The lowest BCUT2D eigenvalue weighted by molar-refractivity contribution is 0.425. The largest absolute Gasteiger partial charge is 0.492 e. The molecule has 10 heteroatoms. The van der Waals surface area contributed by atoms with Crippen LogP contribution in [0.2, 0.25) is 0 Å². The summed E-state index contributed by atoms with van der Waals surface area (Å²) in [5.41, 5.74) is 7.97. The summed E-state index contributed by atoms with van der Waals surface area (Å²) in [6.07, 6.45) is 2.55. The van der Waals surface area contributed by atoms with Crippen molar-refractivity contribution in [3.05, 3.63) is 77.3 Å². The Hall–Kier alpha value is -4.28. The molecule has 2 aromatic heterocycles. The number of hydrogen-bond acceptors (Lipinski definition) is 8. The van der Waals surface area contributed by atoms with Gasteiger partial charge in [-0.05, 0) is 36.6 Å². The molecule has 158 valence electrons. The van der Waals surface area contributed by atoms with E-state index in [1.165, 1.54) is 0 Å². The number of anilines is 1. The van der Waals surface area contributed by atoms with Gasteiger partial charge in [0.05, 0.1) is 10.9 Å². The van der Waals surface area contributed by atoms with Gasteiger partial charge in [-0.2, -0.15) is 15.2 Å². The number of nitriles is 2. The Balaban J connectivity index is 2.00. The monoisotopic (exact) mass is 491 g/mol. The van der Waals surface area contributed by atoms with Crippen LogP contribution in [0.4, 0.5) is 5.69 Å². The van der Waals surface area contributed by atoms with Crippen LogP contribution in [0.3, 0.4) is 0 Å². The average molecular weight is 492 g/mol. The topological polar surface area (TPSA) is 158 Å². The van der Waals surface area contributed by atoms with Gasteiger partial charge in [0.1, 0.15) is 28.7 Å². The lowest BCUT2D eigenvalue weighted by atomic mass is 9.97. The van der Waals surface area contributed by atoms with E-state index in [0.717, 1.165) is 15.2 Å². The highest BCUT2D eigenvalue weighted by atomic mass is 79.9. The van der Waals surface area contributed by atoms with E-state index in [1.54, 1.807) is 30.3 Å². The highest BCUT2D eigenvalue weighted by Gasteiger charge is 2.24. The van der Waals surface area contributed by atoms with Crippen molar-refractivity contribution in [2.24, 2.45) is 0 Å². The van der Waals surface area contributed by atoms with E-state index in [1.807, 2.05) is 12.1 Å². The fraction of sp³-hybridized carbons (Fsp3) is 0.0909. The van der Waals surface area contributed by atoms with Crippen LogP contribution in [-0.4, -0.2) is 9.78 Å². The average Bonchev–Trinajstić information content (AvgIpc) is 2.76.